The molecular formula is C23H24N4O2. The lowest BCUT2D eigenvalue weighted by Gasteiger charge is -2.27. The molecule has 2 heterocycles. The van der Waals surface area contributed by atoms with Crippen molar-refractivity contribution in [2.45, 2.75) is 13.5 Å². The summed E-state index contributed by atoms with van der Waals surface area (Å²) in [6.45, 7) is 5.62. The van der Waals surface area contributed by atoms with Crippen LogP contribution < -0.4 is 10.2 Å². The molecule has 1 saturated heterocycles. The number of carbonyl (C=O) groups excluding carboxylic acids is 1. The molecule has 0 aliphatic carbocycles. The molecule has 0 saturated carbocycles. The van der Waals surface area contributed by atoms with Gasteiger partial charge >= 0.3 is 0 Å². The van der Waals surface area contributed by atoms with Crippen molar-refractivity contribution in [1.82, 2.24) is 15.5 Å². The lowest BCUT2D eigenvalue weighted by molar-refractivity contribution is 0.0951. The van der Waals surface area contributed by atoms with Gasteiger partial charge in [0.25, 0.3) is 5.91 Å². The molecule has 4 rings (SSSR count). The van der Waals surface area contributed by atoms with Crippen molar-refractivity contribution in [2.75, 3.05) is 31.2 Å². The van der Waals surface area contributed by atoms with Crippen LogP contribution in [0, 0.1) is 6.92 Å². The molecule has 0 radical (unpaired) electrons. The minimum Gasteiger partial charge on any atom is -0.378 e. The fraction of sp³-hybridized carbons (Fsp3) is 0.261. The Hall–Kier alpha value is -3.25. The maximum absolute atomic E-state index is 12.6. The summed E-state index contributed by atoms with van der Waals surface area (Å²) in [5, 5.41) is 11.7. The Morgan fingerprint density at radius 2 is 1.86 bits per heavy atom. The molecule has 1 aromatic heterocycles. The fourth-order valence-corrected chi connectivity index (χ4v) is 3.35. The Morgan fingerprint density at radius 3 is 2.62 bits per heavy atom. The van der Waals surface area contributed by atoms with Crippen LogP contribution in [0.3, 0.4) is 0 Å². The largest absolute Gasteiger partial charge is 0.378 e. The smallest absolute Gasteiger partial charge is 0.251 e. The molecule has 148 valence electrons. The summed E-state index contributed by atoms with van der Waals surface area (Å²) in [7, 11) is 0. The van der Waals surface area contributed by atoms with E-state index in [0.29, 0.717) is 25.3 Å². The van der Waals surface area contributed by atoms with Crippen molar-refractivity contribution < 1.29 is 9.53 Å². The zero-order valence-corrected chi connectivity index (χ0v) is 16.5. The van der Waals surface area contributed by atoms with Gasteiger partial charge in [-0.1, -0.05) is 36.4 Å². The van der Waals surface area contributed by atoms with E-state index in [1.165, 1.54) is 0 Å². The van der Waals surface area contributed by atoms with Gasteiger partial charge in [-0.2, -0.15) is 0 Å². The van der Waals surface area contributed by atoms with E-state index in [1.54, 1.807) is 0 Å². The molecule has 0 bridgehead atoms. The average molecular weight is 388 g/mol. The topological polar surface area (TPSA) is 67.4 Å². The molecule has 6 heteroatoms. The van der Waals surface area contributed by atoms with Crippen molar-refractivity contribution in [2.24, 2.45) is 0 Å². The molecule has 1 aliphatic heterocycles. The summed E-state index contributed by atoms with van der Waals surface area (Å²) in [6, 6.07) is 19.4. The number of nitrogens with one attached hydrogen (secondary N) is 1. The van der Waals surface area contributed by atoms with Crippen molar-refractivity contribution in [1.29, 1.82) is 0 Å². The third-order valence-electron chi connectivity index (χ3n) is 5.11. The van der Waals surface area contributed by atoms with E-state index in [9.17, 15) is 4.79 Å². The van der Waals surface area contributed by atoms with Crippen LogP contribution in [-0.4, -0.2) is 42.4 Å². The van der Waals surface area contributed by atoms with Gasteiger partial charge in [0.2, 0.25) is 0 Å². The van der Waals surface area contributed by atoms with Gasteiger partial charge in [0, 0.05) is 30.8 Å². The highest BCUT2D eigenvalue weighted by Crippen LogP contribution is 2.20. The Labute approximate surface area is 170 Å². The average Bonchev–Trinajstić information content (AvgIpc) is 2.79. The molecule has 0 unspecified atom stereocenters. The molecule has 2 aromatic carbocycles. The van der Waals surface area contributed by atoms with Gasteiger partial charge in [0.05, 0.1) is 18.9 Å². The second kappa shape index (κ2) is 8.84. The first kappa shape index (κ1) is 19.1. The number of amides is 1. The summed E-state index contributed by atoms with van der Waals surface area (Å²) in [5.41, 5.74) is 4.50. The molecule has 3 aromatic rings. The molecular weight excluding hydrogens is 364 g/mol. The first-order valence-corrected chi connectivity index (χ1v) is 9.80. The second-order valence-corrected chi connectivity index (χ2v) is 7.07. The Morgan fingerprint density at radius 1 is 1.03 bits per heavy atom. The van der Waals surface area contributed by atoms with Crippen LogP contribution >= 0.6 is 0 Å². The predicted molar refractivity (Wildman–Crippen MR) is 113 cm³/mol. The van der Waals surface area contributed by atoms with E-state index in [4.69, 9.17) is 4.74 Å². The minimum absolute atomic E-state index is 0.104. The van der Waals surface area contributed by atoms with E-state index in [0.717, 1.165) is 41.3 Å². The maximum Gasteiger partial charge on any atom is 0.251 e. The zero-order chi connectivity index (χ0) is 20.1. The number of carbonyl (C=O) groups is 1. The zero-order valence-electron chi connectivity index (χ0n) is 16.5. The van der Waals surface area contributed by atoms with Crippen molar-refractivity contribution >= 4 is 11.7 Å². The van der Waals surface area contributed by atoms with Gasteiger partial charge in [0.1, 0.15) is 0 Å². The number of hydrogen-bond donors (Lipinski definition) is 1. The monoisotopic (exact) mass is 388 g/mol. The highest BCUT2D eigenvalue weighted by molar-refractivity contribution is 5.95. The molecule has 0 spiro atoms. The molecule has 6 nitrogen and oxygen atoms in total. The first-order valence-electron chi connectivity index (χ1n) is 9.80. The number of anilines is 1. The van der Waals surface area contributed by atoms with Crippen LogP contribution in [-0.2, 0) is 11.3 Å². The highest BCUT2D eigenvalue weighted by Gasteiger charge is 2.13. The van der Waals surface area contributed by atoms with Crippen LogP contribution in [0.2, 0.25) is 0 Å². The van der Waals surface area contributed by atoms with Crippen molar-refractivity contribution in [3.63, 3.8) is 0 Å². The van der Waals surface area contributed by atoms with E-state index in [1.807, 2.05) is 67.6 Å². The van der Waals surface area contributed by atoms with Gasteiger partial charge in [-0.3, -0.25) is 4.79 Å². The van der Waals surface area contributed by atoms with Gasteiger partial charge in [-0.25, -0.2) is 0 Å². The van der Waals surface area contributed by atoms with Crippen LogP contribution in [0.5, 0.6) is 0 Å². The number of hydrogen-bond acceptors (Lipinski definition) is 5. The first-order chi connectivity index (χ1) is 14.2. The van der Waals surface area contributed by atoms with E-state index in [2.05, 4.69) is 20.4 Å². The van der Waals surface area contributed by atoms with Crippen LogP contribution in [0.1, 0.15) is 21.5 Å². The van der Waals surface area contributed by atoms with Gasteiger partial charge in [-0.15, -0.1) is 10.2 Å². The van der Waals surface area contributed by atoms with Gasteiger partial charge in [0.15, 0.2) is 5.82 Å². The van der Waals surface area contributed by atoms with Gasteiger partial charge < -0.3 is 15.0 Å². The van der Waals surface area contributed by atoms with E-state index >= 15 is 0 Å². The molecule has 1 aliphatic rings. The maximum atomic E-state index is 12.6. The lowest BCUT2D eigenvalue weighted by Crippen LogP contribution is -2.36. The van der Waals surface area contributed by atoms with E-state index < -0.39 is 0 Å². The quantitative estimate of drug-likeness (QED) is 0.727. The number of benzene rings is 2. The van der Waals surface area contributed by atoms with E-state index in [-0.39, 0.29) is 5.91 Å². The number of rotatable bonds is 5. The van der Waals surface area contributed by atoms with Crippen LogP contribution in [0.15, 0.2) is 60.7 Å². The fourth-order valence-electron chi connectivity index (χ4n) is 3.35. The third kappa shape index (κ3) is 4.60. The Kier molecular flexibility index (Phi) is 5.81. The third-order valence-corrected chi connectivity index (χ3v) is 5.11. The van der Waals surface area contributed by atoms with Crippen molar-refractivity contribution in [3.8, 4) is 11.3 Å². The summed E-state index contributed by atoms with van der Waals surface area (Å²) in [6.07, 6.45) is 0. The number of aromatic nitrogens is 2. The molecule has 1 fully saturated rings. The molecule has 0 atom stereocenters. The summed E-state index contributed by atoms with van der Waals surface area (Å²) < 4.78 is 5.38. The number of nitrogens with zero attached hydrogens (tertiary/aromatic N) is 3. The number of aryl methyl sites for hydroxylation is 1. The summed E-state index contributed by atoms with van der Waals surface area (Å²) in [4.78, 5) is 14.8. The predicted octanol–water partition coefficient (Wildman–Crippen LogP) is 3.22. The van der Waals surface area contributed by atoms with Crippen molar-refractivity contribution in [3.05, 3.63) is 77.4 Å². The van der Waals surface area contributed by atoms with Crippen LogP contribution in [0.25, 0.3) is 11.3 Å². The second-order valence-electron chi connectivity index (χ2n) is 7.07. The Bertz CT molecular complexity index is 982. The standard InChI is InChI=1S/C23H24N4O2/c1-17-5-2-3-6-20(17)16-24-23(28)19-8-4-7-18(15-19)21-9-10-22(26-25-21)27-11-13-29-14-12-27/h2-10,15H,11-14,16H2,1H3,(H,24,28). The SMILES string of the molecule is Cc1ccccc1CNC(=O)c1cccc(-c2ccc(N3CCOCC3)nn2)c1. The van der Waals surface area contributed by atoms with Gasteiger partial charge in [-0.05, 0) is 42.3 Å². The summed E-state index contributed by atoms with van der Waals surface area (Å²) in [5.74, 6) is 0.747. The minimum atomic E-state index is -0.104. The highest BCUT2D eigenvalue weighted by atomic mass is 16.5. The Balaban J connectivity index is 1.45. The normalized spacial score (nSPS) is 13.9. The molecule has 29 heavy (non-hydrogen) atoms. The van der Waals surface area contributed by atoms with Crippen LogP contribution in [0.4, 0.5) is 5.82 Å². The molecule has 1 amide bonds. The number of morpholine rings is 1. The number of ether oxygens (including phenoxy) is 1. The molecule has 1 N–H and O–H groups in total. The lowest BCUT2D eigenvalue weighted by atomic mass is 10.1. The summed E-state index contributed by atoms with van der Waals surface area (Å²) >= 11 is 0.